The molecule has 1 atom stereocenters. The highest BCUT2D eigenvalue weighted by Crippen LogP contribution is 2.28. The minimum atomic E-state index is -0.910. The van der Waals surface area contributed by atoms with Crippen LogP contribution in [-0.2, 0) is 0 Å². The molecule has 1 aliphatic carbocycles. The smallest absolute Gasteiger partial charge is 0.258 e. The van der Waals surface area contributed by atoms with Crippen molar-refractivity contribution in [3.63, 3.8) is 0 Å². The predicted molar refractivity (Wildman–Crippen MR) is 84.7 cm³/mol. The van der Waals surface area contributed by atoms with Crippen LogP contribution in [0.2, 0.25) is 0 Å². The average Bonchev–Trinajstić information content (AvgIpc) is 3.07. The molecule has 0 aromatic carbocycles. The van der Waals surface area contributed by atoms with Gasteiger partial charge in [0.25, 0.3) is 5.91 Å². The molecule has 1 amide bonds. The number of amides is 1. The Hall–Kier alpha value is -1.38. The van der Waals surface area contributed by atoms with E-state index in [9.17, 15) is 9.90 Å². The summed E-state index contributed by atoms with van der Waals surface area (Å²) in [6, 6.07) is 0.265. The van der Waals surface area contributed by atoms with E-state index in [2.05, 4.69) is 15.0 Å². The van der Waals surface area contributed by atoms with E-state index in [-0.39, 0.29) is 17.8 Å². The number of anilines is 2. The number of hydrogen-bond donors (Lipinski definition) is 4. The Labute approximate surface area is 128 Å². The van der Waals surface area contributed by atoms with Gasteiger partial charge in [-0.05, 0) is 45.4 Å². The van der Waals surface area contributed by atoms with Crippen molar-refractivity contribution in [2.24, 2.45) is 0 Å². The minimum absolute atomic E-state index is 0.196. The zero-order valence-corrected chi connectivity index (χ0v) is 13.5. The normalized spacial score (nSPS) is 17.6. The van der Waals surface area contributed by atoms with E-state index in [0.29, 0.717) is 23.7 Å². The van der Waals surface area contributed by atoms with Crippen LogP contribution in [0.15, 0.2) is 0 Å². The zero-order valence-electron chi connectivity index (χ0n) is 12.6. The van der Waals surface area contributed by atoms with Crippen molar-refractivity contribution in [1.29, 1.82) is 0 Å². The van der Waals surface area contributed by atoms with Gasteiger partial charge in [0.05, 0.1) is 5.60 Å². The van der Waals surface area contributed by atoms with Gasteiger partial charge < -0.3 is 26.4 Å². The number of aliphatic hydroxyl groups is 1. The summed E-state index contributed by atoms with van der Waals surface area (Å²) in [4.78, 5) is 14.1. The fraction of sp³-hybridized carbons (Fsp3) is 0.692. The van der Waals surface area contributed by atoms with E-state index in [1.165, 1.54) is 0 Å². The van der Waals surface area contributed by atoms with Gasteiger partial charge in [0.1, 0.15) is 10.6 Å². The Bertz CT molecular complexity index is 511. The quantitative estimate of drug-likeness (QED) is 0.579. The lowest BCUT2D eigenvalue weighted by Gasteiger charge is -2.27. The second kappa shape index (κ2) is 6.17. The number of aromatic nitrogens is 1. The van der Waals surface area contributed by atoms with Crippen LogP contribution in [-0.4, -0.2) is 59.1 Å². The fourth-order valence-electron chi connectivity index (χ4n) is 2.14. The van der Waals surface area contributed by atoms with Gasteiger partial charge in [0, 0.05) is 19.1 Å². The molecule has 1 aromatic heterocycles. The fourth-order valence-corrected chi connectivity index (χ4v) is 2.84. The zero-order chi connectivity index (χ0) is 15.6. The van der Waals surface area contributed by atoms with E-state index in [0.717, 1.165) is 24.4 Å². The summed E-state index contributed by atoms with van der Waals surface area (Å²) >= 11 is 1.14. The van der Waals surface area contributed by atoms with Gasteiger partial charge in [-0.3, -0.25) is 4.79 Å². The molecule has 2 rings (SSSR count). The van der Waals surface area contributed by atoms with E-state index in [4.69, 9.17) is 5.73 Å². The van der Waals surface area contributed by atoms with Crippen molar-refractivity contribution in [3.05, 3.63) is 5.56 Å². The molecule has 1 fully saturated rings. The second-order valence-corrected chi connectivity index (χ2v) is 6.88. The molecule has 1 aromatic rings. The number of nitrogens with zero attached hydrogens (tertiary/aromatic N) is 2. The molecule has 1 saturated carbocycles. The summed E-state index contributed by atoms with van der Waals surface area (Å²) in [5, 5.41) is 16.9. The second-order valence-electron chi connectivity index (χ2n) is 6.11. The highest BCUT2D eigenvalue weighted by atomic mass is 32.1. The highest BCUT2D eigenvalue weighted by molar-refractivity contribution is 7.11. The molecule has 0 radical (unpaired) electrons. The van der Waals surface area contributed by atoms with Crippen molar-refractivity contribution < 1.29 is 9.90 Å². The largest absolute Gasteiger partial charge is 0.387 e. The third-order valence-corrected chi connectivity index (χ3v) is 3.96. The lowest BCUT2D eigenvalue weighted by molar-refractivity contribution is 0.0460. The number of nitrogen functional groups attached to an aromatic ring is 1. The lowest BCUT2D eigenvalue weighted by atomic mass is 10.1. The third-order valence-electron chi connectivity index (χ3n) is 3.14. The van der Waals surface area contributed by atoms with Crippen LogP contribution in [0, 0.1) is 0 Å². The summed E-state index contributed by atoms with van der Waals surface area (Å²) in [7, 11) is 3.79. The van der Waals surface area contributed by atoms with Gasteiger partial charge in [-0.2, -0.15) is 4.37 Å². The first kappa shape index (κ1) is 16.0. The van der Waals surface area contributed by atoms with Gasteiger partial charge in [-0.25, -0.2) is 0 Å². The summed E-state index contributed by atoms with van der Waals surface area (Å²) in [6.07, 6.45) is 2.03. The Balaban J connectivity index is 2.01. The number of carbonyl (C=O) groups excluding carboxylic acids is 1. The first-order valence-corrected chi connectivity index (χ1v) is 7.73. The first-order valence-electron chi connectivity index (χ1n) is 6.95. The maximum atomic E-state index is 12.2. The predicted octanol–water partition coefficient (Wildman–Crippen LogP) is 0.342. The third kappa shape index (κ3) is 4.55. The summed E-state index contributed by atoms with van der Waals surface area (Å²) in [5.74, 6) is 0.0337. The lowest BCUT2D eigenvalue weighted by Crippen LogP contribution is -2.43. The topological polar surface area (TPSA) is 104 Å². The van der Waals surface area contributed by atoms with E-state index in [1.807, 2.05) is 19.0 Å². The van der Waals surface area contributed by atoms with Crippen LogP contribution in [0.25, 0.3) is 0 Å². The van der Waals surface area contributed by atoms with Crippen LogP contribution < -0.4 is 16.4 Å². The summed E-state index contributed by atoms with van der Waals surface area (Å²) in [6.45, 7) is 2.57. The molecule has 0 spiro atoms. The number of rotatable bonds is 7. The van der Waals surface area contributed by atoms with Crippen molar-refractivity contribution in [2.45, 2.75) is 31.4 Å². The van der Waals surface area contributed by atoms with Gasteiger partial charge in [0.2, 0.25) is 0 Å². The summed E-state index contributed by atoms with van der Waals surface area (Å²) < 4.78 is 4.03. The Morgan fingerprint density at radius 3 is 2.81 bits per heavy atom. The van der Waals surface area contributed by atoms with Crippen molar-refractivity contribution >= 4 is 28.3 Å². The Kier molecular flexibility index (Phi) is 4.70. The minimum Gasteiger partial charge on any atom is -0.387 e. The molecule has 7 nitrogen and oxygen atoms in total. The van der Waals surface area contributed by atoms with Gasteiger partial charge in [-0.15, -0.1) is 0 Å². The number of nitrogens with one attached hydrogen (secondary N) is 2. The molecule has 118 valence electrons. The van der Waals surface area contributed by atoms with Crippen LogP contribution >= 0.6 is 11.5 Å². The SMILES string of the molecule is CN(C)CC(C)(O)CNc1snc(N)c1C(=O)NC1CC1. The molecular weight excluding hydrogens is 290 g/mol. The monoisotopic (exact) mass is 313 g/mol. The Morgan fingerprint density at radius 2 is 2.24 bits per heavy atom. The van der Waals surface area contributed by atoms with Crippen LogP contribution in [0.5, 0.6) is 0 Å². The number of carbonyl (C=O) groups is 1. The molecule has 21 heavy (non-hydrogen) atoms. The van der Waals surface area contributed by atoms with E-state index in [1.54, 1.807) is 6.92 Å². The van der Waals surface area contributed by atoms with Crippen molar-refractivity contribution in [1.82, 2.24) is 14.6 Å². The summed E-state index contributed by atoms with van der Waals surface area (Å²) in [5.41, 5.74) is 5.26. The van der Waals surface area contributed by atoms with Gasteiger partial charge in [-0.1, -0.05) is 0 Å². The number of hydrogen-bond acceptors (Lipinski definition) is 7. The molecule has 5 N–H and O–H groups in total. The standard InChI is InChI=1S/C13H23N5O2S/c1-13(20,7-18(2)3)6-15-12-9(10(14)17-21-12)11(19)16-8-4-5-8/h8,15,20H,4-7H2,1-3H3,(H2,14,17)(H,16,19). The molecule has 0 saturated heterocycles. The Morgan fingerprint density at radius 1 is 1.57 bits per heavy atom. The average molecular weight is 313 g/mol. The molecule has 8 heteroatoms. The van der Waals surface area contributed by atoms with E-state index >= 15 is 0 Å². The van der Waals surface area contributed by atoms with Crippen molar-refractivity contribution in [3.8, 4) is 0 Å². The number of nitrogens with two attached hydrogens (primary N) is 1. The van der Waals surface area contributed by atoms with Gasteiger partial charge >= 0.3 is 0 Å². The van der Waals surface area contributed by atoms with Crippen LogP contribution in [0.1, 0.15) is 30.1 Å². The van der Waals surface area contributed by atoms with Crippen molar-refractivity contribution in [2.75, 3.05) is 38.2 Å². The first-order chi connectivity index (χ1) is 9.78. The molecule has 1 heterocycles. The molecular formula is C13H23N5O2S. The molecule has 0 aliphatic heterocycles. The maximum Gasteiger partial charge on any atom is 0.258 e. The maximum absolute atomic E-state index is 12.2. The van der Waals surface area contributed by atoms with Crippen LogP contribution in [0.3, 0.4) is 0 Å². The molecule has 0 bridgehead atoms. The number of likely N-dealkylation sites (N-methyl/N-ethyl adjacent to an activating group) is 1. The molecule has 1 unspecified atom stereocenters. The molecule has 1 aliphatic rings. The van der Waals surface area contributed by atoms with E-state index < -0.39 is 5.60 Å². The van der Waals surface area contributed by atoms with Gasteiger partial charge in [0.15, 0.2) is 5.82 Å². The highest BCUT2D eigenvalue weighted by Gasteiger charge is 2.28. The van der Waals surface area contributed by atoms with Crippen LogP contribution in [0.4, 0.5) is 10.8 Å².